The Balaban J connectivity index is 1.59. The highest BCUT2D eigenvalue weighted by atomic mass is 19.1. The molecule has 0 bridgehead atoms. The number of carbonyl (C=O) groups excluding carboxylic acids is 3. The molecule has 0 spiro atoms. The highest BCUT2D eigenvalue weighted by molar-refractivity contribution is 6.04. The van der Waals surface area contributed by atoms with Gasteiger partial charge in [0, 0.05) is 11.1 Å². The maximum Gasteiger partial charge on any atom is 0.265 e. The summed E-state index contributed by atoms with van der Waals surface area (Å²) in [5, 5.41) is 2.55. The molecule has 4 rings (SSSR count). The Bertz CT molecular complexity index is 1190. The summed E-state index contributed by atoms with van der Waals surface area (Å²) < 4.78 is 19.3. The van der Waals surface area contributed by atoms with E-state index in [4.69, 9.17) is 4.74 Å². The van der Waals surface area contributed by atoms with Gasteiger partial charge in [-0.2, -0.15) is 0 Å². The van der Waals surface area contributed by atoms with Crippen LogP contribution in [0.1, 0.15) is 33.2 Å². The molecule has 0 aromatic heterocycles. The van der Waals surface area contributed by atoms with Crippen LogP contribution in [-0.4, -0.2) is 24.2 Å². The Labute approximate surface area is 178 Å². The predicted molar refractivity (Wildman–Crippen MR) is 114 cm³/mol. The fourth-order valence-corrected chi connectivity index (χ4v) is 3.35. The molecule has 1 aliphatic rings. The number of benzene rings is 3. The van der Waals surface area contributed by atoms with Crippen LogP contribution in [0.2, 0.25) is 0 Å². The quantitative estimate of drug-likeness (QED) is 0.630. The minimum atomic E-state index is -0.524. The minimum Gasteiger partial charge on any atom is -0.482 e. The number of amides is 2. The van der Waals surface area contributed by atoms with E-state index in [1.165, 1.54) is 24.0 Å². The maximum absolute atomic E-state index is 13.8. The summed E-state index contributed by atoms with van der Waals surface area (Å²) in [6.07, 6.45) is 0. The Morgan fingerprint density at radius 1 is 1.03 bits per heavy atom. The molecule has 31 heavy (non-hydrogen) atoms. The van der Waals surface area contributed by atoms with Gasteiger partial charge in [0.1, 0.15) is 11.6 Å². The monoisotopic (exact) mass is 418 g/mol. The number of nitrogens with one attached hydrogen (secondary N) is 1. The van der Waals surface area contributed by atoms with E-state index in [2.05, 4.69) is 5.32 Å². The highest BCUT2D eigenvalue weighted by Crippen LogP contribution is 2.34. The summed E-state index contributed by atoms with van der Waals surface area (Å²) in [5.41, 5.74) is 2.10. The van der Waals surface area contributed by atoms with Crippen LogP contribution in [0.25, 0.3) is 0 Å². The van der Waals surface area contributed by atoms with E-state index in [-0.39, 0.29) is 30.5 Å². The molecule has 6 nitrogen and oxygen atoms in total. The normalized spacial score (nSPS) is 12.7. The lowest BCUT2D eigenvalue weighted by atomic mass is 10.1. The second-order valence-corrected chi connectivity index (χ2v) is 7.14. The SMILES string of the molecule is CC(=O)c1ccc2c(c1)N(Cc1cccc(C(=O)Nc3ccccc3F)c1)C(=O)CO2. The zero-order valence-electron chi connectivity index (χ0n) is 16.7. The first kappa shape index (κ1) is 20.3. The lowest BCUT2D eigenvalue weighted by Gasteiger charge is -2.30. The van der Waals surface area contributed by atoms with Crippen LogP contribution in [0.5, 0.6) is 5.75 Å². The third-order valence-electron chi connectivity index (χ3n) is 4.96. The Morgan fingerprint density at radius 3 is 2.61 bits per heavy atom. The van der Waals surface area contributed by atoms with Crippen molar-refractivity contribution in [2.45, 2.75) is 13.5 Å². The van der Waals surface area contributed by atoms with E-state index < -0.39 is 11.7 Å². The van der Waals surface area contributed by atoms with Crippen molar-refractivity contribution in [2.24, 2.45) is 0 Å². The molecular formula is C24H19FN2O4. The van der Waals surface area contributed by atoms with Gasteiger partial charge in [-0.1, -0.05) is 24.3 Å². The third-order valence-corrected chi connectivity index (χ3v) is 4.96. The largest absolute Gasteiger partial charge is 0.482 e. The predicted octanol–water partition coefficient (Wildman–Crippen LogP) is 4.21. The molecule has 7 heteroatoms. The standard InChI is InChI=1S/C24H19FN2O4/c1-15(28)17-9-10-22-21(12-17)27(23(29)14-31-22)13-16-5-4-6-18(11-16)24(30)26-20-8-3-2-7-19(20)25/h2-12H,13-14H2,1H3,(H,26,30). The van der Waals surface area contributed by atoms with Crippen molar-refractivity contribution < 1.29 is 23.5 Å². The summed E-state index contributed by atoms with van der Waals surface area (Å²) >= 11 is 0. The molecule has 0 saturated carbocycles. The first-order valence-electron chi connectivity index (χ1n) is 9.65. The van der Waals surface area contributed by atoms with E-state index in [0.717, 1.165) is 0 Å². The summed E-state index contributed by atoms with van der Waals surface area (Å²) in [6, 6.07) is 17.6. The molecule has 0 fully saturated rings. The van der Waals surface area contributed by atoms with Gasteiger partial charge in [0.05, 0.1) is 17.9 Å². The average Bonchev–Trinajstić information content (AvgIpc) is 2.77. The van der Waals surface area contributed by atoms with E-state index >= 15 is 0 Å². The lowest BCUT2D eigenvalue weighted by Crippen LogP contribution is -2.38. The fourth-order valence-electron chi connectivity index (χ4n) is 3.35. The Morgan fingerprint density at radius 2 is 1.84 bits per heavy atom. The number of halogens is 1. The topological polar surface area (TPSA) is 75.7 Å². The third kappa shape index (κ3) is 4.30. The van der Waals surface area contributed by atoms with Gasteiger partial charge in [-0.3, -0.25) is 14.4 Å². The molecule has 3 aromatic carbocycles. The zero-order chi connectivity index (χ0) is 22.0. The molecule has 2 amide bonds. The molecule has 156 valence electrons. The van der Waals surface area contributed by atoms with Gasteiger partial charge in [0.25, 0.3) is 11.8 Å². The van der Waals surface area contributed by atoms with Crippen LogP contribution in [-0.2, 0) is 11.3 Å². The van der Waals surface area contributed by atoms with Crippen LogP contribution in [0, 0.1) is 5.82 Å². The summed E-state index contributed by atoms with van der Waals surface area (Å²) in [6.45, 7) is 1.53. The number of rotatable bonds is 5. The first-order chi connectivity index (χ1) is 14.9. The van der Waals surface area contributed by atoms with Gasteiger partial charge in [0.2, 0.25) is 0 Å². The molecule has 1 aliphatic heterocycles. The highest BCUT2D eigenvalue weighted by Gasteiger charge is 2.26. The maximum atomic E-state index is 13.8. The summed E-state index contributed by atoms with van der Waals surface area (Å²) in [5.74, 6) is -0.844. The van der Waals surface area contributed by atoms with Crippen LogP contribution in [0.15, 0.2) is 66.7 Å². The van der Waals surface area contributed by atoms with Gasteiger partial charge < -0.3 is 15.0 Å². The summed E-state index contributed by atoms with van der Waals surface area (Å²) in [4.78, 5) is 38.4. The summed E-state index contributed by atoms with van der Waals surface area (Å²) in [7, 11) is 0. The van der Waals surface area contributed by atoms with E-state index in [9.17, 15) is 18.8 Å². The molecule has 0 saturated heterocycles. The molecule has 0 radical (unpaired) electrons. The number of ketones is 1. The number of Topliss-reactive ketones (excluding diaryl/α,β-unsaturated/α-hetero) is 1. The van der Waals surface area contributed by atoms with E-state index in [1.807, 2.05) is 0 Å². The van der Waals surface area contributed by atoms with Crippen molar-refractivity contribution >= 4 is 29.0 Å². The number of ether oxygens (including phenoxy) is 1. The number of hydrogen-bond donors (Lipinski definition) is 1. The van der Waals surface area contributed by atoms with Crippen molar-refractivity contribution in [1.82, 2.24) is 0 Å². The number of anilines is 2. The van der Waals surface area contributed by atoms with E-state index in [1.54, 1.807) is 54.6 Å². The van der Waals surface area contributed by atoms with Gasteiger partial charge >= 0.3 is 0 Å². The number of fused-ring (bicyclic) bond motifs is 1. The van der Waals surface area contributed by atoms with Crippen LogP contribution < -0.4 is 15.0 Å². The molecule has 1 heterocycles. The Kier molecular flexibility index (Phi) is 5.49. The second kappa shape index (κ2) is 8.39. The molecule has 0 unspecified atom stereocenters. The smallest absolute Gasteiger partial charge is 0.265 e. The van der Waals surface area contributed by atoms with E-state index in [0.29, 0.717) is 28.1 Å². The number of hydrogen-bond acceptors (Lipinski definition) is 4. The fraction of sp³-hybridized carbons (Fsp3) is 0.125. The molecular weight excluding hydrogens is 399 g/mol. The van der Waals surface area contributed by atoms with Gasteiger partial charge in [-0.15, -0.1) is 0 Å². The Hall–Kier alpha value is -4.00. The van der Waals surface area contributed by atoms with Gasteiger partial charge in [0.15, 0.2) is 12.4 Å². The van der Waals surface area contributed by atoms with Crippen molar-refractivity contribution in [3.8, 4) is 5.75 Å². The first-order valence-corrected chi connectivity index (χ1v) is 9.65. The van der Waals surface area contributed by atoms with Crippen molar-refractivity contribution in [1.29, 1.82) is 0 Å². The van der Waals surface area contributed by atoms with Gasteiger partial charge in [-0.25, -0.2) is 4.39 Å². The number of para-hydroxylation sites is 1. The average molecular weight is 418 g/mol. The van der Waals surface area contributed by atoms with Crippen LogP contribution in [0.4, 0.5) is 15.8 Å². The van der Waals surface area contributed by atoms with Crippen LogP contribution >= 0.6 is 0 Å². The van der Waals surface area contributed by atoms with Crippen molar-refractivity contribution in [3.05, 3.63) is 89.2 Å². The molecule has 1 N–H and O–H groups in total. The zero-order valence-corrected chi connectivity index (χ0v) is 16.7. The minimum absolute atomic E-state index is 0.0898. The molecule has 0 aliphatic carbocycles. The molecule has 3 aromatic rings. The molecule has 0 atom stereocenters. The van der Waals surface area contributed by atoms with Gasteiger partial charge in [-0.05, 0) is 55.0 Å². The van der Waals surface area contributed by atoms with Crippen LogP contribution in [0.3, 0.4) is 0 Å². The number of carbonyl (C=O) groups is 3. The second-order valence-electron chi connectivity index (χ2n) is 7.14. The van der Waals surface area contributed by atoms with Crippen molar-refractivity contribution in [2.75, 3.05) is 16.8 Å². The van der Waals surface area contributed by atoms with Crippen molar-refractivity contribution in [3.63, 3.8) is 0 Å². The number of nitrogens with zero attached hydrogens (tertiary/aromatic N) is 1. The lowest BCUT2D eigenvalue weighted by molar-refractivity contribution is -0.121.